The van der Waals surface area contributed by atoms with Crippen molar-refractivity contribution in [3.8, 4) is 11.5 Å². The molecule has 1 amide bonds. The van der Waals surface area contributed by atoms with Crippen molar-refractivity contribution in [2.75, 3.05) is 40.1 Å². The van der Waals surface area contributed by atoms with Gasteiger partial charge in [0.15, 0.2) is 11.5 Å². The van der Waals surface area contributed by atoms with E-state index < -0.39 is 10.0 Å². The van der Waals surface area contributed by atoms with Crippen molar-refractivity contribution in [3.63, 3.8) is 0 Å². The predicted molar refractivity (Wildman–Crippen MR) is 106 cm³/mol. The summed E-state index contributed by atoms with van der Waals surface area (Å²) in [6.45, 7) is 3.42. The summed E-state index contributed by atoms with van der Waals surface area (Å²) in [5.41, 5.74) is 1.30. The molecule has 150 valence electrons. The number of hydrogen-bond donors (Lipinski definition) is 1. The molecule has 0 bridgehead atoms. The summed E-state index contributed by atoms with van der Waals surface area (Å²) in [6, 6.07) is 3.48. The number of methoxy groups -OCH3 is 2. The second kappa shape index (κ2) is 9.23. The molecule has 8 heteroatoms. The Labute approximate surface area is 161 Å². The minimum Gasteiger partial charge on any atom is -0.493 e. The highest BCUT2D eigenvalue weighted by Gasteiger charge is 2.26. The predicted octanol–water partition coefficient (Wildman–Crippen LogP) is 2.14. The third-order valence-corrected chi connectivity index (χ3v) is 5.23. The monoisotopic (exact) mass is 396 g/mol. The number of carbonyl (C=O) groups excluding carboxylic acids is 1. The molecule has 1 aromatic carbocycles. The van der Waals surface area contributed by atoms with Gasteiger partial charge in [0.1, 0.15) is 0 Å². The van der Waals surface area contributed by atoms with Crippen molar-refractivity contribution in [3.05, 3.63) is 29.3 Å². The molecule has 1 aliphatic heterocycles. The molecule has 0 radical (unpaired) electrons. The van der Waals surface area contributed by atoms with Crippen molar-refractivity contribution < 1.29 is 22.7 Å². The van der Waals surface area contributed by atoms with E-state index in [2.05, 4.69) is 4.72 Å². The lowest BCUT2D eigenvalue weighted by atomic mass is 9.97. The SMILES string of the molecule is C/C=C/c1cc(C(=O)N2CCC[C@H](CNS(C)(=O)=O)C2)cc(OC)c1OC. The smallest absolute Gasteiger partial charge is 0.254 e. The van der Waals surface area contributed by atoms with Crippen LogP contribution in [0.2, 0.25) is 0 Å². The molecule has 0 saturated carbocycles. The van der Waals surface area contributed by atoms with Crippen molar-refractivity contribution in [2.45, 2.75) is 19.8 Å². The van der Waals surface area contributed by atoms with Gasteiger partial charge in [-0.1, -0.05) is 12.2 Å². The summed E-state index contributed by atoms with van der Waals surface area (Å²) >= 11 is 0. The van der Waals surface area contributed by atoms with E-state index in [0.717, 1.165) is 24.7 Å². The summed E-state index contributed by atoms with van der Waals surface area (Å²) in [5.74, 6) is 1.10. The first-order valence-corrected chi connectivity index (χ1v) is 10.8. The van der Waals surface area contributed by atoms with Gasteiger partial charge in [-0.15, -0.1) is 0 Å². The van der Waals surface area contributed by atoms with Gasteiger partial charge < -0.3 is 14.4 Å². The number of nitrogens with zero attached hydrogens (tertiary/aromatic N) is 1. The van der Waals surface area contributed by atoms with Gasteiger partial charge in [0.2, 0.25) is 10.0 Å². The minimum absolute atomic E-state index is 0.0919. The van der Waals surface area contributed by atoms with Crippen LogP contribution < -0.4 is 14.2 Å². The van der Waals surface area contributed by atoms with E-state index in [4.69, 9.17) is 9.47 Å². The van der Waals surface area contributed by atoms with E-state index in [1.165, 1.54) is 0 Å². The Balaban J connectivity index is 2.22. The van der Waals surface area contributed by atoms with Gasteiger partial charge in [-0.25, -0.2) is 13.1 Å². The van der Waals surface area contributed by atoms with Crippen LogP contribution in [0.15, 0.2) is 18.2 Å². The van der Waals surface area contributed by atoms with E-state index in [0.29, 0.717) is 36.7 Å². The molecule has 1 N–H and O–H groups in total. The molecule has 0 spiro atoms. The van der Waals surface area contributed by atoms with Gasteiger partial charge in [-0.2, -0.15) is 0 Å². The lowest BCUT2D eigenvalue weighted by molar-refractivity contribution is 0.0676. The van der Waals surface area contributed by atoms with Crippen LogP contribution in [0.3, 0.4) is 0 Å². The third-order valence-electron chi connectivity index (χ3n) is 4.54. The van der Waals surface area contributed by atoms with Gasteiger partial charge in [-0.05, 0) is 37.8 Å². The van der Waals surface area contributed by atoms with Crippen LogP contribution in [-0.4, -0.2) is 59.3 Å². The fourth-order valence-electron chi connectivity index (χ4n) is 3.29. The Bertz CT molecular complexity index is 805. The number of benzene rings is 1. The first-order chi connectivity index (χ1) is 12.8. The fourth-order valence-corrected chi connectivity index (χ4v) is 3.83. The van der Waals surface area contributed by atoms with Crippen LogP contribution in [0.1, 0.15) is 35.7 Å². The molecule has 27 heavy (non-hydrogen) atoms. The Morgan fingerprint density at radius 3 is 2.67 bits per heavy atom. The van der Waals surface area contributed by atoms with Gasteiger partial charge in [0, 0.05) is 30.8 Å². The Kier molecular flexibility index (Phi) is 7.26. The number of ether oxygens (including phenoxy) is 2. The number of likely N-dealkylation sites (tertiary alicyclic amines) is 1. The molecule has 2 rings (SSSR count). The van der Waals surface area contributed by atoms with Crippen LogP contribution in [0, 0.1) is 5.92 Å². The summed E-state index contributed by atoms with van der Waals surface area (Å²) in [4.78, 5) is 14.8. The highest BCUT2D eigenvalue weighted by molar-refractivity contribution is 7.88. The zero-order valence-corrected chi connectivity index (χ0v) is 17.1. The minimum atomic E-state index is -3.23. The third kappa shape index (κ3) is 5.71. The molecule has 7 nitrogen and oxygen atoms in total. The maximum atomic E-state index is 13.0. The molecule has 0 unspecified atom stereocenters. The number of hydrogen-bond acceptors (Lipinski definition) is 5. The lowest BCUT2D eigenvalue weighted by Gasteiger charge is -2.33. The van der Waals surface area contributed by atoms with Crippen LogP contribution in [0.5, 0.6) is 11.5 Å². The molecule has 1 atom stereocenters. The summed E-state index contributed by atoms with van der Waals surface area (Å²) in [5, 5.41) is 0. The fraction of sp³-hybridized carbons (Fsp3) is 0.526. The number of nitrogens with one attached hydrogen (secondary N) is 1. The number of sulfonamides is 1. The highest BCUT2D eigenvalue weighted by Crippen LogP contribution is 2.34. The van der Waals surface area contributed by atoms with E-state index in [1.807, 2.05) is 19.1 Å². The number of carbonyl (C=O) groups is 1. The van der Waals surface area contributed by atoms with Gasteiger partial charge in [0.05, 0.1) is 20.5 Å². The topological polar surface area (TPSA) is 84.9 Å². The summed E-state index contributed by atoms with van der Waals surface area (Å²) in [7, 11) is -0.127. The first kappa shape index (κ1) is 21.2. The molecule has 1 saturated heterocycles. The standard InChI is InChI=1S/C19H28N2O5S/c1-5-7-15-10-16(11-17(25-2)18(15)26-3)19(22)21-9-6-8-14(13-21)12-20-27(4,23)24/h5,7,10-11,14,20H,6,8-9,12-13H2,1-4H3/b7-5+/t14-/m1/s1. The van der Waals surface area contributed by atoms with Crippen molar-refractivity contribution in [1.82, 2.24) is 9.62 Å². The normalized spacial score (nSPS) is 17.9. The Hall–Kier alpha value is -2.06. The summed E-state index contributed by atoms with van der Waals surface area (Å²) in [6.07, 6.45) is 6.62. The number of rotatable bonds is 7. The molecule has 1 aromatic rings. The highest BCUT2D eigenvalue weighted by atomic mass is 32.2. The Morgan fingerprint density at radius 2 is 2.07 bits per heavy atom. The maximum absolute atomic E-state index is 13.0. The number of allylic oxidation sites excluding steroid dienone is 1. The van der Waals surface area contributed by atoms with Crippen molar-refractivity contribution in [2.24, 2.45) is 5.92 Å². The average molecular weight is 397 g/mol. The van der Waals surface area contributed by atoms with Crippen LogP contribution >= 0.6 is 0 Å². The van der Waals surface area contributed by atoms with Crippen LogP contribution in [0.25, 0.3) is 6.08 Å². The molecular weight excluding hydrogens is 368 g/mol. The van der Waals surface area contributed by atoms with E-state index in [9.17, 15) is 13.2 Å². The number of piperidine rings is 1. The zero-order chi connectivity index (χ0) is 20.0. The molecular formula is C19H28N2O5S. The lowest BCUT2D eigenvalue weighted by Crippen LogP contribution is -2.43. The molecule has 0 aromatic heterocycles. The van der Waals surface area contributed by atoms with Crippen molar-refractivity contribution in [1.29, 1.82) is 0 Å². The first-order valence-electron chi connectivity index (χ1n) is 8.91. The summed E-state index contributed by atoms with van der Waals surface area (Å²) < 4.78 is 36.0. The van der Waals surface area contributed by atoms with Crippen LogP contribution in [0.4, 0.5) is 0 Å². The Morgan fingerprint density at radius 1 is 1.33 bits per heavy atom. The van der Waals surface area contributed by atoms with E-state index in [-0.39, 0.29) is 11.8 Å². The van der Waals surface area contributed by atoms with E-state index in [1.54, 1.807) is 31.3 Å². The molecule has 0 aliphatic carbocycles. The molecule has 1 aliphatic rings. The largest absolute Gasteiger partial charge is 0.493 e. The second-order valence-electron chi connectivity index (χ2n) is 6.68. The van der Waals surface area contributed by atoms with Gasteiger partial charge in [-0.3, -0.25) is 4.79 Å². The maximum Gasteiger partial charge on any atom is 0.254 e. The van der Waals surface area contributed by atoms with Gasteiger partial charge >= 0.3 is 0 Å². The van der Waals surface area contributed by atoms with Crippen LogP contribution in [-0.2, 0) is 10.0 Å². The second-order valence-corrected chi connectivity index (χ2v) is 8.51. The zero-order valence-electron chi connectivity index (χ0n) is 16.3. The van der Waals surface area contributed by atoms with Gasteiger partial charge in [0.25, 0.3) is 5.91 Å². The molecule has 1 fully saturated rings. The number of amides is 1. The molecule has 1 heterocycles. The quantitative estimate of drug-likeness (QED) is 0.763. The van der Waals surface area contributed by atoms with E-state index >= 15 is 0 Å². The van der Waals surface area contributed by atoms with Crippen molar-refractivity contribution >= 4 is 22.0 Å². The average Bonchev–Trinajstić information content (AvgIpc) is 2.65.